The number of hydrogen-bond acceptors (Lipinski definition) is 2. The van der Waals surface area contributed by atoms with Crippen molar-refractivity contribution in [3.8, 4) is 0 Å². The van der Waals surface area contributed by atoms with E-state index >= 15 is 0 Å². The molecular weight excluding hydrogens is 324 g/mol. The molecule has 1 fully saturated rings. The molecule has 3 rings (SSSR count). The van der Waals surface area contributed by atoms with E-state index in [1.165, 1.54) is 0 Å². The molecule has 1 aliphatic rings. The van der Waals surface area contributed by atoms with Crippen molar-refractivity contribution >= 4 is 11.6 Å². The van der Waals surface area contributed by atoms with Gasteiger partial charge in [0.05, 0.1) is 11.8 Å². The van der Waals surface area contributed by atoms with Crippen molar-refractivity contribution in [2.45, 2.75) is 18.9 Å². The van der Waals surface area contributed by atoms with Gasteiger partial charge < -0.3 is 15.8 Å². The first-order chi connectivity index (χ1) is 12.1. The molecule has 0 amide bonds. The Morgan fingerprint density at radius 3 is 2.80 bits per heavy atom. The van der Waals surface area contributed by atoms with Gasteiger partial charge in [-0.15, -0.1) is 0 Å². The van der Waals surface area contributed by atoms with Crippen molar-refractivity contribution in [3.05, 3.63) is 65.7 Å². The highest BCUT2D eigenvalue weighted by molar-refractivity contribution is 5.92. The predicted molar refractivity (Wildman–Crippen MR) is 94.3 cm³/mol. The van der Waals surface area contributed by atoms with Gasteiger partial charge in [-0.3, -0.25) is 4.99 Å². The second-order valence-corrected chi connectivity index (χ2v) is 6.08. The SMILES string of the molecule is NC(=NCC1CCCOC1c1ccccc1)Nc1cc(F)ccc1F. The molecule has 1 heterocycles. The Balaban J connectivity index is 1.67. The van der Waals surface area contributed by atoms with Gasteiger partial charge in [-0.2, -0.15) is 0 Å². The minimum Gasteiger partial charge on any atom is -0.373 e. The molecule has 6 heteroatoms. The lowest BCUT2D eigenvalue weighted by molar-refractivity contribution is -0.0249. The minimum atomic E-state index is -0.581. The maximum absolute atomic E-state index is 13.6. The maximum atomic E-state index is 13.6. The molecule has 4 nitrogen and oxygen atoms in total. The molecule has 2 atom stereocenters. The lowest BCUT2D eigenvalue weighted by Crippen LogP contribution is -2.28. The summed E-state index contributed by atoms with van der Waals surface area (Å²) >= 11 is 0. The molecule has 2 aromatic carbocycles. The Hall–Kier alpha value is -2.47. The van der Waals surface area contributed by atoms with Gasteiger partial charge >= 0.3 is 0 Å². The van der Waals surface area contributed by atoms with E-state index in [0.29, 0.717) is 6.54 Å². The summed E-state index contributed by atoms with van der Waals surface area (Å²) < 4.78 is 32.8. The van der Waals surface area contributed by atoms with E-state index in [2.05, 4.69) is 10.3 Å². The molecule has 0 aliphatic carbocycles. The summed E-state index contributed by atoms with van der Waals surface area (Å²) in [7, 11) is 0. The number of nitrogens with one attached hydrogen (secondary N) is 1. The van der Waals surface area contributed by atoms with E-state index in [0.717, 1.165) is 43.2 Å². The van der Waals surface area contributed by atoms with Crippen molar-refractivity contribution < 1.29 is 13.5 Å². The van der Waals surface area contributed by atoms with Crippen LogP contribution in [0, 0.1) is 17.6 Å². The van der Waals surface area contributed by atoms with E-state index in [4.69, 9.17) is 10.5 Å². The second-order valence-electron chi connectivity index (χ2n) is 6.08. The highest BCUT2D eigenvalue weighted by Gasteiger charge is 2.27. The Bertz CT molecular complexity index is 737. The first-order valence-corrected chi connectivity index (χ1v) is 8.32. The quantitative estimate of drug-likeness (QED) is 0.653. The minimum absolute atomic E-state index is 0.0271. The van der Waals surface area contributed by atoms with Crippen LogP contribution < -0.4 is 11.1 Å². The molecule has 0 bridgehead atoms. The molecule has 132 valence electrons. The number of benzene rings is 2. The van der Waals surface area contributed by atoms with Gasteiger partial charge in [-0.1, -0.05) is 30.3 Å². The van der Waals surface area contributed by atoms with Crippen molar-refractivity contribution in [1.82, 2.24) is 0 Å². The van der Waals surface area contributed by atoms with Gasteiger partial charge in [0.1, 0.15) is 11.6 Å². The van der Waals surface area contributed by atoms with Gasteiger partial charge in [0, 0.05) is 25.1 Å². The zero-order valence-electron chi connectivity index (χ0n) is 13.8. The summed E-state index contributed by atoms with van der Waals surface area (Å²) in [5.74, 6) is -0.875. The first-order valence-electron chi connectivity index (χ1n) is 8.32. The van der Waals surface area contributed by atoms with Crippen LogP contribution in [-0.4, -0.2) is 19.1 Å². The largest absolute Gasteiger partial charge is 0.373 e. The summed E-state index contributed by atoms with van der Waals surface area (Å²) in [5.41, 5.74) is 6.92. The summed E-state index contributed by atoms with van der Waals surface area (Å²) in [6.45, 7) is 1.18. The van der Waals surface area contributed by atoms with Crippen LogP contribution in [0.4, 0.5) is 14.5 Å². The number of halogens is 2. The van der Waals surface area contributed by atoms with Crippen LogP contribution in [0.3, 0.4) is 0 Å². The number of guanidine groups is 1. The van der Waals surface area contributed by atoms with Crippen LogP contribution in [0.2, 0.25) is 0 Å². The maximum Gasteiger partial charge on any atom is 0.193 e. The number of anilines is 1. The van der Waals surface area contributed by atoms with Gasteiger partial charge in [-0.05, 0) is 30.5 Å². The van der Waals surface area contributed by atoms with Crippen molar-refractivity contribution in [1.29, 1.82) is 0 Å². The van der Waals surface area contributed by atoms with Crippen LogP contribution >= 0.6 is 0 Å². The van der Waals surface area contributed by atoms with Crippen molar-refractivity contribution in [3.63, 3.8) is 0 Å². The molecule has 0 spiro atoms. The summed E-state index contributed by atoms with van der Waals surface area (Å²) in [4.78, 5) is 4.30. The van der Waals surface area contributed by atoms with E-state index in [1.807, 2.05) is 30.3 Å². The van der Waals surface area contributed by atoms with E-state index in [1.54, 1.807) is 0 Å². The zero-order chi connectivity index (χ0) is 17.6. The highest BCUT2D eigenvalue weighted by atomic mass is 19.1. The van der Waals surface area contributed by atoms with Crippen molar-refractivity contribution in [2.75, 3.05) is 18.5 Å². The van der Waals surface area contributed by atoms with Crippen molar-refractivity contribution in [2.24, 2.45) is 16.6 Å². The fourth-order valence-corrected chi connectivity index (χ4v) is 3.03. The number of ether oxygens (including phenoxy) is 1. The fourth-order valence-electron chi connectivity index (χ4n) is 3.03. The van der Waals surface area contributed by atoms with E-state index < -0.39 is 11.6 Å². The molecule has 3 N–H and O–H groups in total. The lowest BCUT2D eigenvalue weighted by Gasteiger charge is -2.31. The average Bonchev–Trinajstić information content (AvgIpc) is 2.64. The zero-order valence-corrected chi connectivity index (χ0v) is 13.8. The Labute approximate surface area is 145 Å². The molecule has 0 saturated carbocycles. The topological polar surface area (TPSA) is 59.6 Å². The Kier molecular flexibility index (Phi) is 5.60. The standard InChI is InChI=1S/C19H21F2N3O/c20-15-8-9-16(21)17(11-15)24-19(22)23-12-14-7-4-10-25-18(14)13-5-2-1-3-6-13/h1-3,5-6,8-9,11,14,18H,4,7,10,12H2,(H3,22,23,24). The van der Waals surface area contributed by atoms with Crippen LogP contribution in [0.15, 0.2) is 53.5 Å². The molecule has 0 aromatic heterocycles. The number of nitrogens with zero attached hydrogens (tertiary/aromatic N) is 1. The molecule has 2 aromatic rings. The third-order valence-corrected chi connectivity index (χ3v) is 4.26. The van der Waals surface area contributed by atoms with Gasteiger partial charge in [0.15, 0.2) is 5.96 Å². The van der Waals surface area contributed by atoms with E-state index in [-0.39, 0.29) is 23.7 Å². The smallest absolute Gasteiger partial charge is 0.193 e. The number of rotatable bonds is 4. The predicted octanol–water partition coefficient (Wildman–Crippen LogP) is 3.86. The fraction of sp³-hybridized carbons (Fsp3) is 0.316. The molecule has 2 unspecified atom stereocenters. The third-order valence-electron chi connectivity index (χ3n) is 4.26. The number of nitrogens with two attached hydrogens (primary N) is 1. The molecule has 0 radical (unpaired) electrons. The monoisotopic (exact) mass is 345 g/mol. The summed E-state index contributed by atoms with van der Waals surface area (Å²) in [5, 5.41) is 2.62. The normalized spacial score (nSPS) is 21.1. The molecule has 25 heavy (non-hydrogen) atoms. The van der Waals surface area contributed by atoms with Gasteiger partial charge in [0.2, 0.25) is 0 Å². The Morgan fingerprint density at radius 2 is 2.00 bits per heavy atom. The lowest BCUT2D eigenvalue weighted by atomic mass is 9.89. The van der Waals surface area contributed by atoms with Crippen LogP contribution in [0.25, 0.3) is 0 Å². The van der Waals surface area contributed by atoms with Gasteiger partial charge in [0.25, 0.3) is 0 Å². The van der Waals surface area contributed by atoms with Crippen LogP contribution in [0.1, 0.15) is 24.5 Å². The number of aliphatic imine (C=N–C) groups is 1. The molecular formula is C19H21F2N3O. The number of hydrogen-bond donors (Lipinski definition) is 2. The highest BCUT2D eigenvalue weighted by Crippen LogP contribution is 2.33. The second kappa shape index (κ2) is 8.07. The average molecular weight is 345 g/mol. The summed E-state index contributed by atoms with van der Waals surface area (Å²) in [6.07, 6.45) is 1.91. The van der Waals surface area contributed by atoms with Crippen LogP contribution in [-0.2, 0) is 4.74 Å². The first kappa shape index (κ1) is 17.4. The van der Waals surface area contributed by atoms with E-state index in [9.17, 15) is 8.78 Å². The van der Waals surface area contributed by atoms with Crippen LogP contribution in [0.5, 0.6) is 0 Å². The molecule has 1 aliphatic heterocycles. The molecule has 1 saturated heterocycles. The summed E-state index contributed by atoms with van der Waals surface area (Å²) in [6, 6.07) is 13.2. The Morgan fingerprint density at radius 1 is 1.20 bits per heavy atom. The third kappa shape index (κ3) is 4.54. The van der Waals surface area contributed by atoms with Gasteiger partial charge in [-0.25, -0.2) is 8.78 Å².